The largest absolute Gasteiger partial charge is 0.456 e. The first-order valence-corrected chi connectivity index (χ1v) is 9.02. The Morgan fingerprint density at radius 3 is 2.57 bits per heavy atom. The number of ether oxygens (including phenoxy) is 1. The van der Waals surface area contributed by atoms with Crippen molar-refractivity contribution < 1.29 is 14.3 Å². The molecular formula is C23H22N2O3. The summed E-state index contributed by atoms with van der Waals surface area (Å²) in [4.78, 5) is 26.7. The molecule has 2 aromatic rings. The maximum atomic E-state index is 12.7. The van der Waals surface area contributed by atoms with E-state index >= 15 is 0 Å². The standard InChI is InChI=1S/C23H22N2O3/c1-15(12-24)13-25-14-20-18(9-6-10-19(20)21(25)26)16-7-5-8-17(11-16)22(27)28-23(2,3)4/h5-11H,1,13-14H2,2-4H3. The number of rotatable bonds is 4. The van der Waals surface area contributed by atoms with E-state index in [9.17, 15) is 9.59 Å². The van der Waals surface area contributed by atoms with Crippen LogP contribution in [0.15, 0.2) is 54.6 Å². The summed E-state index contributed by atoms with van der Waals surface area (Å²) in [5.41, 5.74) is 3.47. The predicted molar refractivity (Wildman–Crippen MR) is 107 cm³/mol. The normalized spacial score (nSPS) is 13.1. The van der Waals surface area contributed by atoms with Gasteiger partial charge < -0.3 is 9.64 Å². The quantitative estimate of drug-likeness (QED) is 0.589. The number of nitriles is 1. The van der Waals surface area contributed by atoms with Gasteiger partial charge in [-0.3, -0.25) is 4.79 Å². The molecular weight excluding hydrogens is 352 g/mol. The summed E-state index contributed by atoms with van der Waals surface area (Å²) in [5.74, 6) is -0.499. The number of carbonyl (C=O) groups excluding carboxylic acids is 2. The summed E-state index contributed by atoms with van der Waals surface area (Å²) in [5, 5.41) is 8.96. The van der Waals surface area contributed by atoms with Crippen molar-refractivity contribution in [2.24, 2.45) is 0 Å². The number of fused-ring (bicyclic) bond motifs is 1. The molecule has 0 radical (unpaired) electrons. The molecule has 0 bridgehead atoms. The Morgan fingerprint density at radius 1 is 1.21 bits per heavy atom. The lowest BCUT2D eigenvalue weighted by atomic mass is 9.96. The average Bonchev–Trinajstić information content (AvgIpc) is 2.96. The van der Waals surface area contributed by atoms with Crippen molar-refractivity contribution in [1.82, 2.24) is 4.90 Å². The smallest absolute Gasteiger partial charge is 0.338 e. The molecule has 1 aliphatic rings. The zero-order valence-corrected chi connectivity index (χ0v) is 16.3. The zero-order chi connectivity index (χ0) is 20.5. The summed E-state index contributed by atoms with van der Waals surface area (Å²) >= 11 is 0. The fraction of sp³-hybridized carbons (Fsp3) is 0.261. The molecule has 2 aromatic carbocycles. The van der Waals surface area contributed by atoms with Gasteiger partial charge in [-0.15, -0.1) is 0 Å². The van der Waals surface area contributed by atoms with Gasteiger partial charge in [-0.2, -0.15) is 5.26 Å². The number of amides is 1. The third kappa shape index (κ3) is 3.96. The van der Waals surface area contributed by atoms with Gasteiger partial charge in [0.25, 0.3) is 5.91 Å². The molecule has 28 heavy (non-hydrogen) atoms. The molecule has 3 rings (SSSR count). The lowest BCUT2D eigenvalue weighted by Crippen LogP contribution is -2.25. The lowest BCUT2D eigenvalue weighted by molar-refractivity contribution is 0.00694. The van der Waals surface area contributed by atoms with Gasteiger partial charge in [0.15, 0.2) is 0 Å². The van der Waals surface area contributed by atoms with Gasteiger partial charge in [0.05, 0.1) is 18.2 Å². The second-order valence-corrected chi connectivity index (χ2v) is 7.79. The van der Waals surface area contributed by atoms with E-state index in [0.29, 0.717) is 23.2 Å². The highest BCUT2D eigenvalue weighted by Gasteiger charge is 2.30. The topological polar surface area (TPSA) is 70.4 Å². The van der Waals surface area contributed by atoms with Crippen LogP contribution in [0, 0.1) is 11.3 Å². The molecule has 0 spiro atoms. The zero-order valence-electron chi connectivity index (χ0n) is 16.3. The molecule has 1 amide bonds. The second-order valence-electron chi connectivity index (χ2n) is 7.79. The Morgan fingerprint density at radius 2 is 1.89 bits per heavy atom. The molecule has 5 heteroatoms. The molecule has 1 heterocycles. The average molecular weight is 374 g/mol. The molecule has 0 unspecified atom stereocenters. The van der Waals surface area contributed by atoms with Crippen molar-refractivity contribution in [2.75, 3.05) is 6.54 Å². The van der Waals surface area contributed by atoms with Crippen LogP contribution in [0.4, 0.5) is 0 Å². The van der Waals surface area contributed by atoms with Crippen LogP contribution in [0.1, 0.15) is 47.1 Å². The van der Waals surface area contributed by atoms with Crippen molar-refractivity contribution in [3.8, 4) is 17.2 Å². The third-order valence-electron chi connectivity index (χ3n) is 4.39. The SMILES string of the molecule is C=C(C#N)CN1Cc2c(cccc2-c2cccc(C(=O)OC(C)(C)C)c2)C1=O. The van der Waals surface area contributed by atoms with Crippen molar-refractivity contribution in [1.29, 1.82) is 5.26 Å². The van der Waals surface area contributed by atoms with Crippen LogP contribution < -0.4 is 0 Å². The van der Waals surface area contributed by atoms with Crippen LogP contribution >= 0.6 is 0 Å². The molecule has 0 aromatic heterocycles. The van der Waals surface area contributed by atoms with Crippen LogP contribution in [0.5, 0.6) is 0 Å². The van der Waals surface area contributed by atoms with Crippen molar-refractivity contribution in [2.45, 2.75) is 32.9 Å². The van der Waals surface area contributed by atoms with Crippen molar-refractivity contribution in [3.63, 3.8) is 0 Å². The molecule has 0 saturated carbocycles. The van der Waals surface area contributed by atoms with Gasteiger partial charge in [-0.05, 0) is 55.7 Å². The fourth-order valence-electron chi connectivity index (χ4n) is 3.21. The van der Waals surface area contributed by atoms with Crippen LogP contribution in [-0.4, -0.2) is 28.9 Å². The van der Waals surface area contributed by atoms with E-state index in [2.05, 4.69) is 6.58 Å². The molecule has 0 N–H and O–H groups in total. The minimum absolute atomic E-state index is 0.114. The summed E-state index contributed by atoms with van der Waals surface area (Å²) in [6.07, 6.45) is 0. The number of hydrogen-bond acceptors (Lipinski definition) is 4. The number of carbonyl (C=O) groups is 2. The Kier molecular flexibility index (Phi) is 5.06. The Labute approximate surface area is 164 Å². The molecule has 5 nitrogen and oxygen atoms in total. The van der Waals surface area contributed by atoms with E-state index in [4.69, 9.17) is 10.00 Å². The van der Waals surface area contributed by atoms with Crippen LogP contribution in [-0.2, 0) is 11.3 Å². The van der Waals surface area contributed by atoms with E-state index in [0.717, 1.165) is 16.7 Å². The minimum Gasteiger partial charge on any atom is -0.456 e. The minimum atomic E-state index is -0.572. The van der Waals surface area contributed by atoms with Crippen molar-refractivity contribution >= 4 is 11.9 Å². The first kappa shape index (κ1) is 19.4. The van der Waals surface area contributed by atoms with E-state index < -0.39 is 5.60 Å². The third-order valence-corrected chi connectivity index (χ3v) is 4.39. The van der Waals surface area contributed by atoms with E-state index in [-0.39, 0.29) is 18.4 Å². The first-order chi connectivity index (χ1) is 13.2. The first-order valence-electron chi connectivity index (χ1n) is 9.02. The molecule has 1 aliphatic heterocycles. The molecule has 0 fully saturated rings. The lowest BCUT2D eigenvalue weighted by Gasteiger charge is -2.19. The fourth-order valence-corrected chi connectivity index (χ4v) is 3.21. The number of esters is 1. The van der Waals surface area contributed by atoms with Gasteiger partial charge in [-0.25, -0.2) is 4.79 Å². The van der Waals surface area contributed by atoms with Gasteiger partial charge in [0.1, 0.15) is 5.60 Å². The van der Waals surface area contributed by atoms with Crippen molar-refractivity contribution in [3.05, 3.63) is 71.3 Å². The predicted octanol–water partition coefficient (Wildman–Crippen LogP) is 4.34. The van der Waals surface area contributed by atoms with Crippen LogP contribution in [0.3, 0.4) is 0 Å². The summed E-state index contributed by atoms with van der Waals surface area (Å²) in [6, 6.07) is 14.7. The van der Waals surface area contributed by atoms with Gasteiger partial charge in [0.2, 0.25) is 0 Å². The number of nitrogens with zero attached hydrogens (tertiary/aromatic N) is 2. The summed E-state index contributed by atoms with van der Waals surface area (Å²) in [7, 11) is 0. The Bertz CT molecular complexity index is 1010. The Hall–Kier alpha value is -3.39. The van der Waals surface area contributed by atoms with E-state index in [1.165, 1.54) is 0 Å². The maximum Gasteiger partial charge on any atom is 0.338 e. The summed E-state index contributed by atoms with van der Waals surface area (Å²) in [6.45, 7) is 9.76. The highest BCUT2D eigenvalue weighted by atomic mass is 16.6. The second kappa shape index (κ2) is 7.32. The van der Waals surface area contributed by atoms with E-state index in [1.54, 1.807) is 29.2 Å². The summed E-state index contributed by atoms with van der Waals surface area (Å²) < 4.78 is 5.46. The van der Waals surface area contributed by atoms with E-state index in [1.807, 2.05) is 45.0 Å². The highest BCUT2D eigenvalue weighted by molar-refractivity contribution is 6.01. The van der Waals surface area contributed by atoms with Gasteiger partial charge in [0, 0.05) is 17.7 Å². The molecule has 142 valence electrons. The maximum absolute atomic E-state index is 12.7. The molecule has 0 saturated heterocycles. The number of hydrogen-bond donors (Lipinski definition) is 0. The van der Waals surface area contributed by atoms with Crippen LogP contribution in [0.2, 0.25) is 0 Å². The molecule has 0 aliphatic carbocycles. The number of benzene rings is 2. The van der Waals surface area contributed by atoms with Crippen LogP contribution in [0.25, 0.3) is 11.1 Å². The highest BCUT2D eigenvalue weighted by Crippen LogP contribution is 2.33. The van der Waals surface area contributed by atoms with Gasteiger partial charge >= 0.3 is 5.97 Å². The monoisotopic (exact) mass is 374 g/mol. The van der Waals surface area contributed by atoms with Gasteiger partial charge in [-0.1, -0.05) is 30.8 Å². The molecule has 0 atom stereocenters. The Balaban J connectivity index is 1.95.